The fraction of sp³-hybridized carbons (Fsp3) is 0.258. The van der Waals surface area contributed by atoms with Crippen molar-refractivity contribution in [1.29, 1.82) is 0 Å². The number of para-hydroxylation sites is 1. The second-order valence-electron chi connectivity index (χ2n) is 9.99. The van der Waals surface area contributed by atoms with E-state index in [4.69, 9.17) is 21.4 Å². The maximum Gasteiger partial charge on any atom is 0.258 e. The van der Waals surface area contributed by atoms with Gasteiger partial charge >= 0.3 is 0 Å². The minimum atomic E-state index is -0.399. The van der Waals surface area contributed by atoms with Gasteiger partial charge in [0, 0.05) is 33.5 Å². The van der Waals surface area contributed by atoms with Gasteiger partial charge in [0.25, 0.3) is 11.5 Å². The number of H-pyrrole nitrogens is 1. The largest absolute Gasteiger partial charge is 0.496 e. The Hall–Kier alpha value is -3.94. The summed E-state index contributed by atoms with van der Waals surface area (Å²) in [4.78, 5) is 32.6. The van der Waals surface area contributed by atoms with E-state index in [0.29, 0.717) is 34.0 Å². The molecule has 39 heavy (non-hydrogen) atoms. The first-order chi connectivity index (χ1) is 19.0. The third kappa shape index (κ3) is 4.84. The van der Waals surface area contributed by atoms with Crippen molar-refractivity contribution in [2.24, 2.45) is 5.10 Å². The van der Waals surface area contributed by atoms with Crippen molar-refractivity contribution in [3.63, 3.8) is 0 Å². The lowest BCUT2D eigenvalue weighted by Gasteiger charge is -2.25. The zero-order chi connectivity index (χ0) is 26.9. The van der Waals surface area contributed by atoms with E-state index in [9.17, 15) is 9.59 Å². The molecule has 0 radical (unpaired) electrons. The lowest BCUT2D eigenvalue weighted by molar-refractivity contribution is -0.134. The number of hydrazone groups is 1. The van der Waals surface area contributed by atoms with E-state index in [1.807, 2.05) is 66.7 Å². The first kappa shape index (κ1) is 25.3. The molecule has 0 aliphatic carbocycles. The molecule has 2 aliphatic rings. The highest BCUT2D eigenvalue weighted by atomic mass is 35.5. The average molecular weight is 541 g/mol. The van der Waals surface area contributed by atoms with Gasteiger partial charge in [0.2, 0.25) is 0 Å². The topological polar surface area (TPSA) is 78.0 Å². The number of methoxy groups -OCH3 is 1. The van der Waals surface area contributed by atoms with E-state index in [-0.39, 0.29) is 18.0 Å². The summed E-state index contributed by atoms with van der Waals surface area (Å²) in [6, 6.07) is 22.5. The molecule has 7 nitrogen and oxygen atoms in total. The number of aromatic amines is 1. The van der Waals surface area contributed by atoms with Gasteiger partial charge in [-0.3, -0.25) is 14.5 Å². The Morgan fingerprint density at radius 2 is 1.77 bits per heavy atom. The highest BCUT2D eigenvalue weighted by Gasteiger charge is 2.37. The summed E-state index contributed by atoms with van der Waals surface area (Å²) in [5, 5.41) is 7.82. The lowest BCUT2D eigenvalue weighted by atomic mass is 9.91. The predicted octanol–water partition coefficient (Wildman–Crippen LogP) is 5.63. The number of nitrogens with one attached hydrogen (secondary N) is 1. The molecular formula is C31H29ClN4O3. The third-order valence-electron chi connectivity index (χ3n) is 7.55. The quantitative estimate of drug-likeness (QED) is 0.344. The monoisotopic (exact) mass is 540 g/mol. The van der Waals surface area contributed by atoms with Crippen molar-refractivity contribution in [1.82, 2.24) is 14.9 Å². The van der Waals surface area contributed by atoms with Crippen molar-refractivity contribution in [3.05, 3.63) is 99.3 Å². The van der Waals surface area contributed by atoms with E-state index < -0.39 is 6.04 Å². The summed E-state index contributed by atoms with van der Waals surface area (Å²) in [6.45, 7) is 2.09. The van der Waals surface area contributed by atoms with E-state index in [0.717, 1.165) is 48.0 Å². The van der Waals surface area contributed by atoms with Crippen LogP contribution >= 0.6 is 11.6 Å². The number of carbonyl (C=O) groups is 1. The SMILES string of the molecule is COc1ccccc1C1CC(c2c(-c3ccccc3)c3cc(Cl)ccc3[nH]c2=O)=NN1C(=O)CN1CCCC1. The van der Waals surface area contributed by atoms with Crippen LogP contribution in [0.4, 0.5) is 0 Å². The smallest absolute Gasteiger partial charge is 0.258 e. The lowest BCUT2D eigenvalue weighted by Crippen LogP contribution is -2.37. The van der Waals surface area contributed by atoms with Crippen LogP contribution in [0.2, 0.25) is 5.02 Å². The second kappa shape index (κ2) is 10.7. The number of likely N-dealkylation sites (tertiary alicyclic amines) is 1. The number of carbonyl (C=O) groups excluding carboxylic acids is 1. The van der Waals surface area contributed by atoms with Crippen molar-refractivity contribution in [2.45, 2.75) is 25.3 Å². The van der Waals surface area contributed by atoms with Crippen LogP contribution in [0, 0.1) is 0 Å². The summed E-state index contributed by atoms with van der Waals surface area (Å²) in [6.07, 6.45) is 2.56. The Labute approximate surface area is 231 Å². The van der Waals surface area contributed by atoms with Gasteiger partial charge in [-0.1, -0.05) is 60.1 Å². The first-order valence-electron chi connectivity index (χ1n) is 13.2. The van der Waals surface area contributed by atoms with Crippen LogP contribution in [0.1, 0.15) is 36.4 Å². The van der Waals surface area contributed by atoms with Crippen LogP contribution < -0.4 is 10.3 Å². The Bertz CT molecular complexity index is 1630. The third-order valence-corrected chi connectivity index (χ3v) is 7.78. The van der Waals surface area contributed by atoms with E-state index in [2.05, 4.69) is 9.88 Å². The highest BCUT2D eigenvalue weighted by molar-refractivity contribution is 6.31. The predicted molar refractivity (Wildman–Crippen MR) is 154 cm³/mol. The molecule has 1 N–H and O–H groups in total. The fourth-order valence-electron chi connectivity index (χ4n) is 5.73. The minimum Gasteiger partial charge on any atom is -0.496 e. The van der Waals surface area contributed by atoms with Crippen molar-refractivity contribution in [2.75, 3.05) is 26.7 Å². The molecule has 2 aliphatic heterocycles. The van der Waals surface area contributed by atoms with Crippen molar-refractivity contribution < 1.29 is 9.53 Å². The zero-order valence-corrected chi connectivity index (χ0v) is 22.4. The maximum absolute atomic E-state index is 13.7. The van der Waals surface area contributed by atoms with Gasteiger partial charge in [-0.25, -0.2) is 5.01 Å². The number of ether oxygens (including phenoxy) is 1. The van der Waals surface area contributed by atoms with Crippen LogP contribution in [0.15, 0.2) is 82.7 Å². The molecular weight excluding hydrogens is 512 g/mol. The van der Waals surface area contributed by atoms with Crippen molar-refractivity contribution in [3.8, 4) is 16.9 Å². The molecule has 3 heterocycles. The number of hydrogen-bond acceptors (Lipinski definition) is 5. The van der Waals surface area contributed by atoms with Gasteiger partial charge in [-0.15, -0.1) is 0 Å². The highest BCUT2D eigenvalue weighted by Crippen LogP contribution is 2.40. The minimum absolute atomic E-state index is 0.0932. The Morgan fingerprint density at radius 3 is 2.54 bits per heavy atom. The standard InChI is InChI=1S/C31H29ClN4O3/c1-39-27-12-6-5-11-22(27)26-18-25(34-36(26)28(37)19-35-15-7-8-16-35)30-29(20-9-3-2-4-10-20)23-17-21(32)13-14-24(23)33-31(30)38/h2-6,9-14,17,26H,7-8,15-16,18-19H2,1H3,(H,33,38). The van der Waals surface area contributed by atoms with Crippen LogP contribution in [0.25, 0.3) is 22.0 Å². The number of aromatic nitrogens is 1. The van der Waals surface area contributed by atoms with Gasteiger partial charge in [0.05, 0.1) is 31.0 Å². The number of benzene rings is 3. The molecule has 1 amide bonds. The number of rotatable bonds is 6. The molecule has 3 aromatic carbocycles. The number of fused-ring (bicyclic) bond motifs is 1. The Morgan fingerprint density at radius 1 is 1.03 bits per heavy atom. The number of amides is 1. The number of hydrogen-bond donors (Lipinski definition) is 1. The Balaban J connectivity index is 1.52. The first-order valence-corrected chi connectivity index (χ1v) is 13.6. The molecule has 1 atom stereocenters. The van der Waals surface area contributed by atoms with Crippen LogP contribution in [-0.2, 0) is 4.79 Å². The normalized spacial score (nSPS) is 17.5. The van der Waals surface area contributed by atoms with Crippen molar-refractivity contribution >= 4 is 34.1 Å². The molecule has 8 heteroatoms. The summed E-state index contributed by atoms with van der Waals surface area (Å²) in [5.41, 5.74) is 3.93. The van der Waals surface area contributed by atoms with Gasteiger partial charge in [-0.2, -0.15) is 5.10 Å². The molecule has 0 spiro atoms. The second-order valence-corrected chi connectivity index (χ2v) is 10.4. The molecule has 198 valence electrons. The maximum atomic E-state index is 13.7. The summed E-state index contributed by atoms with van der Waals surface area (Å²) < 4.78 is 5.67. The fourth-order valence-corrected chi connectivity index (χ4v) is 5.90. The molecule has 1 saturated heterocycles. The number of nitrogens with zero attached hydrogens (tertiary/aromatic N) is 3. The van der Waals surface area contributed by atoms with Crippen LogP contribution in [-0.4, -0.2) is 53.3 Å². The van der Waals surface area contributed by atoms with E-state index >= 15 is 0 Å². The molecule has 0 bridgehead atoms. The van der Waals surface area contributed by atoms with Crippen LogP contribution in [0.3, 0.4) is 0 Å². The van der Waals surface area contributed by atoms with E-state index in [1.165, 1.54) is 0 Å². The molecule has 0 saturated carbocycles. The van der Waals surface area contributed by atoms with E-state index in [1.54, 1.807) is 18.2 Å². The van der Waals surface area contributed by atoms with Gasteiger partial charge < -0.3 is 9.72 Å². The van der Waals surface area contributed by atoms with Gasteiger partial charge in [-0.05, 0) is 55.8 Å². The summed E-state index contributed by atoms with van der Waals surface area (Å²) in [5.74, 6) is 0.588. The summed E-state index contributed by atoms with van der Waals surface area (Å²) in [7, 11) is 1.62. The van der Waals surface area contributed by atoms with Gasteiger partial charge in [0.1, 0.15) is 5.75 Å². The Kier molecular flexibility index (Phi) is 6.94. The number of halogens is 1. The molecule has 4 aromatic rings. The summed E-state index contributed by atoms with van der Waals surface area (Å²) >= 11 is 6.42. The number of pyridine rings is 1. The molecule has 6 rings (SSSR count). The average Bonchev–Trinajstić information content (AvgIpc) is 3.63. The molecule has 1 fully saturated rings. The van der Waals surface area contributed by atoms with Gasteiger partial charge in [0.15, 0.2) is 0 Å². The molecule has 1 unspecified atom stereocenters. The molecule has 1 aromatic heterocycles. The zero-order valence-electron chi connectivity index (χ0n) is 21.7. The van der Waals surface area contributed by atoms with Crippen LogP contribution in [0.5, 0.6) is 5.75 Å².